The molecule has 0 aliphatic carbocycles. The molecule has 18 heavy (non-hydrogen) atoms. The number of carboxylic acid groups (broad SMARTS) is 1. The molecule has 3 N–H and O–H groups in total. The van der Waals surface area contributed by atoms with E-state index in [1.807, 2.05) is 0 Å². The maximum atomic E-state index is 12.7. The molecule has 1 aliphatic rings. The van der Waals surface area contributed by atoms with Gasteiger partial charge in [-0.3, -0.25) is 9.69 Å². The van der Waals surface area contributed by atoms with Crippen LogP contribution in [0.5, 0.6) is 0 Å². The Balaban J connectivity index is 2.06. The van der Waals surface area contributed by atoms with Crippen LogP contribution in [0.25, 0.3) is 0 Å². The molecule has 1 aromatic heterocycles. The summed E-state index contributed by atoms with van der Waals surface area (Å²) >= 11 is 0.647. The Bertz CT molecular complexity index is 480. The average molecular weight is 275 g/mol. The Morgan fingerprint density at radius 3 is 2.89 bits per heavy atom. The second-order valence-electron chi connectivity index (χ2n) is 3.80. The van der Waals surface area contributed by atoms with Crippen molar-refractivity contribution in [2.45, 2.75) is 18.6 Å². The number of aromatic nitrogens is 1. The summed E-state index contributed by atoms with van der Waals surface area (Å²) in [6, 6.07) is -0.982. The number of hydrogen-bond acceptors (Lipinski definition) is 5. The van der Waals surface area contributed by atoms with Crippen LogP contribution in [0.3, 0.4) is 0 Å². The summed E-state index contributed by atoms with van der Waals surface area (Å²) in [7, 11) is 0. The number of carbonyl (C=O) groups is 2. The molecular weight excluding hydrogens is 265 g/mol. The smallest absolute Gasteiger partial charge is 0.408 e. The number of nitrogens with one attached hydrogen (secondary N) is 1. The molecule has 0 spiro atoms. The Morgan fingerprint density at radius 1 is 1.61 bits per heavy atom. The topological polar surface area (TPSA) is 103 Å². The Labute approximate surface area is 105 Å². The van der Waals surface area contributed by atoms with Gasteiger partial charge in [0.25, 0.3) is 0 Å². The van der Waals surface area contributed by atoms with E-state index in [0.717, 1.165) is 11.1 Å². The molecule has 1 aromatic rings. The monoisotopic (exact) mass is 275 g/mol. The number of amides is 2. The Morgan fingerprint density at radius 2 is 2.33 bits per heavy atom. The molecule has 1 saturated heterocycles. The third kappa shape index (κ3) is 2.57. The van der Waals surface area contributed by atoms with Crippen molar-refractivity contribution in [3.05, 3.63) is 11.3 Å². The minimum Gasteiger partial charge on any atom is -0.465 e. The lowest BCUT2D eigenvalue weighted by Gasteiger charge is -2.19. The second-order valence-corrected chi connectivity index (χ2v) is 4.78. The van der Waals surface area contributed by atoms with Gasteiger partial charge in [0.1, 0.15) is 6.04 Å². The molecule has 2 amide bonds. The fraction of sp³-hybridized carbons (Fsp3) is 0.444. The first-order valence-electron chi connectivity index (χ1n) is 5.07. The Hall–Kier alpha value is -1.74. The first-order valence-corrected chi connectivity index (χ1v) is 5.89. The minimum absolute atomic E-state index is 0.0198. The van der Waals surface area contributed by atoms with Crippen LogP contribution in [0.2, 0.25) is 0 Å². The standard InChI is InChI=1S/C9H10FN3O4S/c10-6-2-11-8(18-6)12-7(15)5-1-4(14)3-13(5)9(16)17/h2,4-5,14H,1,3H2,(H,16,17)(H,11,12,15). The normalized spacial score (nSPS) is 23.1. The fourth-order valence-corrected chi connectivity index (χ4v) is 2.32. The molecule has 0 aromatic carbocycles. The number of thiazole rings is 1. The van der Waals surface area contributed by atoms with Crippen LogP contribution in [-0.2, 0) is 4.79 Å². The van der Waals surface area contributed by atoms with Crippen molar-refractivity contribution in [2.24, 2.45) is 0 Å². The van der Waals surface area contributed by atoms with Crippen molar-refractivity contribution in [3.63, 3.8) is 0 Å². The first kappa shape index (κ1) is 12.7. The van der Waals surface area contributed by atoms with Gasteiger partial charge in [0.05, 0.1) is 18.8 Å². The van der Waals surface area contributed by atoms with Gasteiger partial charge < -0.3 is 15.5 Å². The van der Waals surface area contributed by atoms with E-state index in [0.29, 0.717) is 11.3 Å². The Kier molecular flexibility index (Phi) is 3.43. The summed E-state index contributed by atoms with van der Waals surface area (Å²) in [5, 5.41) is 20.1. The van der Waals surface area contributed by atoms with Crippen LogP contribution < -0.4 is 5.32 Å². The van der Waals surface area contributed by atoms with E-state index in [2.05, 4.69) is 10.3 Å². The summed E-state index contributed by atoms with van der Waals surface area (Å²) in [6.07, 6.45) is -1.17. The van der Waals surface area contributed by atoms with Crippen LogP contribution >= 0.6 is 11.3 Å². The number of anilines is 1. The lowest BCUT2D eigenvalue weighted by atomic mass is 10.2. The lowest BCUT2D eigenvalue weighted by molar-refractivity contribution is -0.120. The van der Waals surface area contributed by atoms with Crippen LogP contribution in [-0.4, -0.2) is 50.8 Å². The predicted octanol–water partition coefficient (Wildman–Crippen LogP) is 0.334. The fourth-order valence-electron chi connectivity index (χ4n) is 1.77. The number of carbonyl (C=O) groups excluding carboxylic acids is 1. The average Bonchev–Trinajstić information content (AvgIpc) is 2.85. The van der Waals surface area contributed by atoms with Gasteiger partial charge in [0.15, 0.2) is 10.3 Å². The molecule has 2 heterocycles. The maximum absolute atomic E-state index is 12.7. The van der Waals surface area contributed by atoms with Crippen molar-refractivity contribution >= 4 is 28.5 Å². The van der Waals surface area contributed by atoms with E-state index in [9.17, 15) is 19.1 Å². The van der Waals surface area contributed by atoms with E-state index in [1.54, 1.807) is 0 Å². The third-order valence-electron chi connectivity index (χ3n) is 2.53. The molecule has 2 unspecified atom stereocenters. The molecule has 2 rings (SSSR count). The molecule has 1 aliphatic heterocycles. The molecule has 0 saturated carbocycles. The molecule has 9 heteroatoms. The van der Waals surface area contributed by atoms with Gasteiger partial charge in [0.2, 0.25) is 5.91 Å². The number of aliphatic hydroxyl groups excluding tert-OH is 1. The molecule has 2 atom stereocenters. The summed E-state index contributed by atoms with van der Waals surface area (Å²) in [5.41, 5.74) is 0. The van der Waals surface area contributed by atoms with Gasteiger partial charge in [-0.15, -0.1) is 0 Å². The van der Waals surface area contributed by atoms with Crippen LogP contribution in [0.4, 0.5) is 14.3 Å². The van der Waals surface area contributed by atoms with E-state index in [-0.39, 0.29) is 18.1 Å². The predicted molar refractivity (Wildman–Crippen MR) is 59.8 cm³/mol. The van der Waals surface area contributed by atoms with Crippen molar-refractivity contribution in [2.75, 3.05) is 11.9 Å². The van der Waals surface area contributed by atoms with E-state index in [4.69, 9.17) is 5.11 Å². The van der Waals surface area contributed by atoms with Crippen molar-refractivity contribution in [3.8, 4) is 0 Å². The van der Waals surface area contributed by atoms with Gasteiger partial charge in [-0.05, 0) is 0 Å². The van der Waals surface area contributed by atoms with E-state index < -0.39 is 29.3 Å². The number of rotatable bonds is 2. The summed E-state index contributed by atoms with van der Waals surface area (Å²) in [5.74, 6) is -0.622. The third-order valence-corrected chi connectivity index (χ3v) is 3.24. The second kappa shape index (κ2) is 4.86. The maximum Gasteiger partial charge on any atom is 0.408 e. The molecule has 7 nitrogen and oxygen atoms in total. The van der Waals surface area contributed by atoms with Gasteiger partial charge in [0, 0.05) is 6.42 Å². The minimum atomic E-state index is -1.28. The van der Waals surface area contributed by atoms with E-state index >= 15 is 0 Å². The van der Waals surface area contributed by atoms with Gasteiger partial charge in [-0.1, -0.05) is 11.3 Å². The molecule has 0 bridgehead atoms. The number of aliphatic hydroxyl groups is 1. The van der Waals surface area contributed by atoms with Crippen molar-refractivity contribution in [1.29, 1.82) is 0 Å². The van der Waals surface area contributed by atoms with Crippen LogP contribution in [0.15, 0.2) is 6.20 Å². The van der Waals surface area contributed by atoms with Crippen molar-refractivity contribution in [1.82, 2.24) is 9.88 Å². The highest BCUT2D eigenvalue weighted by molar-refractivity contribution is 7.14. The van der Waals surface area contributed by atoms with Gasteiger partial charge in [-0.2, -0.15) is 4.39 Å². The molecule has 98 valence electrons. The first-order chi connectivity index (χ1) is 8.47. The SMILES string of the molecule is O=C(Nc1ncc(F)s1)C1CC(O)CN1C(=O)O. The zero-order valence-electron chi connectivity index (χ0n) is 9.04. The molecule has 1 fully saturated rings. The van der Waals surface area contributed by atoms with E-state index in [1.165, 1.54) is 0 Å². The number of likely N-dealkylation sites (tertiary alicyclic amines) is 1. The zero-order valence-corrected chi connectivity index (χ0v) is 9.85. The quantitative estimate of drug-likeness (QED) is 0.722. The van der Waals surface area contributed by atoms with Crippen LogP contribution in [0.1, 0.15) is 6.42 Å². The largest absolute Gasteiger partial charge is 0.465 e. The number of halogens is 1. The highest BCUT2D eigenvalue weighted by Gasteiger charge is 2.39. The lowest BCUT2D eigenvalue weighted by Crippen LogP contribution is -2.42. The van der Waals surface area contributed by atoms with Gasteiger partial charge in [-0.25, -0.2) is 9.78 Å². The molecule has 0 radical (unpaired) electrons. The highest BCUT2D eigenvalue weighted by atomic mass is 32.1. The van der Waals surface area contributed by atoms with Crippen LogP contribution in [0, 0.1) is 5.13 Å². The summed E-state index contributed by atoms with van der Waals surface area (Å²) < 4.78 is 12.7. The van der Waals surface area contributed by atoms with Crippen molar-refractivity contribution < 1.29 is 24.2 Å². The summed E-state index contributed by atoms with van der Waals surface area (Å²) in [4.78, 5) is 27.1. The highest BCUT2D eigenvalue weighted by Crippen LogP contribution is 2.21. The summed E-state index contributed by atoms with van der Waals surface area (Å²) in [6.45, 7) is -0.111. The number of β-amino-alcohol motifs (C(OH)–C–C–N with tert-alkyl or cyclic N) is 1. The molecular formula is C9H10FN3O4S. The number of hydrogen-bond donors (Lipinski definition) is 3. The van der Waals surface area contributed by atoms with Gasteiger partial charge >= 0.3 is 6.09 Å². The zero-order chi connectivity index (χ0) is 13.3. The number of nitrogens with zero attached hydrogens (tertiary/aromatic N) is 2.